The Morgan fingerprint density at radius 2 is 1.10 bits per heavy atom. The van der Waals surface area contributed by atoms with Gasteiger partial charge in [0.15, 0.2) is 0 Å². The van der Waals surface area contributed by atoms with Crippen LogP contribution in [-0.4, -0.2) is 40.0 Å². The molecule has 4 heterocycles. The first kappa shape index (κ1) is 17.9. The monoisotopic (exact) mass is 394 g/mol. The van der Waals surface area contributed by atoms with Crippen LogP contribution in [0.15, 0.2) is 85.5 Å². The van der Waals surface area contributed by atoms with Crippen LogP contribution < -0.4 is 0 Å². The van der Waals surface area contributed by atoms with E-state index in [0.29, 0.717) is 13.1 Å². The Labute approximate surface area is 172 Å². The zero-order valence-corrected chi connectivity index (χ0v) is 16.1. The van der Waals surface area contributed by atoms with E-state index in [-0.39, 0.29) is 0 Å². The molecule has 5 rings (SSSR count). The molecule has 0 amide bonds. The van der Waals surface area contributed by atoms with Gasteiger partial charge in [-0.05, 0) is 35.4 Å². The minimum absolute atomic E-state index is 0.629. The molecule has 0 spiro atoms. The maximum atomic E-state index is 4.32. The molecule has 0 aliphatic heterocycles. The van der Waals surface area contributed by atoms with Gasteiger partial charge in [0.25, 0.3) is 0 Å². The fraction of sp³-hybridized carbons (Fsp3) is 0.0909. The Kier molecular flexibility index (Phi) is 4.79. The number of aromatic nitrogens is 8. The lowest BCUT2D eigenvalue weighted by Crippen LogP contribution is -2.04. The van der Waals surface area contributed by atoms with Crippen molar-refractivity contribution in [2.24, 2.45) is 0 Å². The van der Waals surface area contributed by atoms with Crippen molar-refractivity contribution in [2.75, 3.05) is 0 Å². The van der Waals surface area contributed by atoms with Gasteiger partial charge >= 0.3 is 0 Å². The molecule has 0 atom stereocenters. The van der Waals surface area contributed by atoms with Gasteiger partial charge in [-0.2, -0.15) is 0 Å². The lowest BCUT2D eigenvalue weighted by atomic mass is 10.1. The summed E-state index contributed by atoms with van der Waals surface area (Å²) >= 11 is 0. The van der Waals surface area contributed by atoms with Gasteiger partial charge in [-0.15, -0.1) is 10.2 Å². The van der Waals surface area contributed by atoms with Crippen molar-refractivity contribution >= 4 is 0 Å². The topological polar surface area (TPSA) is 87.2 Å². The summed E-state index contributed by atoms with van der Waals surface area (Å²) in [6.45, 7) is 1.26. The fourth-order valence-corrected chi connectivity index (χ4v) is 3.22. The lowest BCUT2D eigenvalue weighted by molar-refractivity contribution is 0.639. The second-order valence-corrected chi connectivity index (χ2v) is 6.85. The van der Waals surface area contributed by atoms with E-state index in [2.05, 4.69) is 48.8 Å². The van der Waals surface area contributed by atoms with Gasteiger partial charge in [0.05, 0.1) is 36.9 Å². The summed E-state index contributed by atoms with van der Waals surface area (Å²) in [6, 6.07) is 19.8. The predicted molar refractivity (Wildman–Crippen MR) is 111 cm³/mol. The van der Waals surface area contributed by atoms with Gasteiger partial charge in [0.2, 0.25) is 0 Å². The Bertz CT molecular complexity index is 1150. The number of hydrogen-bond acceptors (Lipinski definition) is 6. The summed E-state index contributed by atoms with van der Waals surface area (Å²) in [5.74, 6) is 0. The van der Waals surface area contributed by atoms with E-state index < -0.39 is 0 Å². The molecular weight excluding hydrogens is 376 g/mol. The molecule has 0 saturated carbocycles. The molecule has 1 aromatic carbocycles. The van der Waals surface area contributed by atoms with E-state index in [4.69, 9.17) is 0 Å². The second-order valence-electron chi connectivity index (χ2n) is 6.85. The largest absolute Gasteiger partial charge is 0.254 e. The third-order valence-electron chi connectivity index (χ3n) is 4.61. The highest BCUT2D eigenvalue weighted by Crippen LogP contribution is 2.15. The third-order valence-corrected chi connectivity index (χ3v) is 4.61. The standard InChI is InChI=1S/C22H18N8/c1-3-10-23-19(8-1)21-15-29(27-25-21)13-17-6-5-7-18(12-17)14-30-16-22(26-28-30)20-9-2-4-11-24-20/h1-12,15-16H,13-14H2. The number of nitrogens with zero attached hydrogens (tertiary/aromatic N) is 8. The lowest BCUT2D eigenvalue weighted by Gasteiger charge is -2.05. The number of benzene rings is 1. The molecule has 146 valence electrons. The molecule has 4 aromatic heterocycles. The van der Waals surface area contributed by atoms with Crippen LogP contribution in [0.5, 0.6) is 0 Å². The van der Waals surface area contributed by atoms with Gasteiger partial charge in [0, 0.05) is 12.4 Å². The van der Waals surface area contributed by atoms with E-state index in [9.17, 15) is 0 Å². The maximum Gasteiger partial charge on any atom is 0.131 e. The Hall–Kier alpha value is -4.20. The van der Waals surface area contributed by atoms with Crippen molar-refractivity contribution in [3.63, 3.8) is 0 Å². The van der Waals surface area contributed by atoms with Gasteiger partial charge < -0.3 is 0 Å². The molecule has 0 N–H and O–H groups in total. The van der Waals surface area contributed by atoms with Crippen LogP contribution in [0.25, 0.3) is 22.8 Å². The summed E-state index contributed by atoms with van der Waals surface area (Å²) in [5, 5.41) is 16.9. The van der Waals surface area contributed by atoms with Crippen molar-refractivity contribution in [1.82, 2.24) is 40.0 Å². The first-order chi connectivity index (χ1) is 14.8. The van der Waals surface area contributed by atoms with Crippen LogP contribution >= 0.6 is 0 Å². The quantitative estimate of drug-likeness (QED) is 0.440. The van der Waals surface area contributed by atoms with Crippen molar-refractivity contribution in [1.29, 1.82) is 0 Å². The molecule has 8 nitrogen and oxygen atoms in total. The van der Waals surface area contributed by atoms with Crippen LogP contribution in [0.2, 0.25) is 0 Å². The molecule has 5 aromatic rings. The minimum atomic E-state index is 0.629. The maximum absolute atomic E-state index is 4.32. The highest BCUT2D eigenvalue weighted by Gasteiger charge is 2.07. The van der Waals surface area contributed by atoms with Crippen molar-refractivity contribution in [3.8, 4) is 22.8 Å². The molecule has 0 bridgehead atoms. The van der Waals surface area contributed by atoms with Gasteiger partial charge in [-0.3, -0.25) is 9.97 Å². The average Bonchev–Trinajstić information content (AvgIpc) is 3.45. The number of hydrogen-bond donors (Lipinski definition) is 0. The molecular formula is C22H18N8. The fourth-order valence-electron chi connectivity index (χ4n) is 3.22. The first-order valence-corrected chi connectivity index (χ1v) is 9.54. The van der Waals surface area contributed by atoms with E-state index >= 15 is 0 Å². The SMILES string of the molecule is c1ccc(-c2cn(Cc3cccc(Cn4cc(-c5ccccn5)nn4)c3)nn2)nc1. The average molecular weight is 394 g/mol. The number of pyridine rings is 2. The summed E-state index contributed by atoms with van der Waals surface area (Å²) in [5.41, 5.74) is 5.41. The van der Waals surface area contributed by atoms with Crippen molar-refractivity contribution in [2.45, 2.75) is 13.1 Å². The summed E-state index contributed by atoms with van der Waals surface area (Å²) in [7, 11) is 0. The first-order valence-electron chi connectivity index (χ1n) is 9.54. The van der Waals surface area contributed by atoms with Crippen LogP contribution in [0, 0.1) is 0 Å². The molecule has 0 fully saturated rings. The summed E-state index contributed by atoms with van der Waals surface area (Å²) < 4.78 is 3.63. The molecule has 8 heteroatoms. The smallest absolute Gasteiger partial charge is 0.131 e. The third kappa shape index (κ3) is 3.97. The summed E-state index contributed by atoms with van der Waals surface area (Å²) in [6.07, 6.45) is 7.32. The van der Waals surface area contributed by atoms with Crippen molar-refractivity contribution in [3.05, 3.63) is 96.6 Å². The molecule has 0 radical (unpaired) electrons. The zero-order chi connectivity index (χ0) is 20.2. The van der Waals surface area contributed by atoms with Crippen LogP contribution in [-0.2, 0) is 13.1 Å². The van der Waals surface area contributed by atoms with Crippen LogP contribution in [0.1, 0.15) is 11.1 Å². The van der Waals surface area contributed by atoms with Crippen molar-refractivity contribution < 1.29 is 0 Å². The van der Waals surface area contributed by atoms with Gasteiger partial charge in [-0.25, -0.2) is 9.36 Å². The van der Waals surface area contributed by atoms with E-state index in [1.165, 1.54) is 0 Å². The molecule has 30 heavy (non-hydrogen) atoms. The normalized spacial score (nSPS) is 10.9. The molecule has 0 unspecified atom stereocenters. The zero-order valence-electron chi connectivity index (χ0n) is 16.1. The Morgan fingerprint density at radius 3 is 1.57 bits per heavy atom. The predicted octanol–water partition coefficient (Wildman–Crippen LogP) is 3.09. The minimum Gasteiger partial charge on any atom is -0.254 e. The van der Waals surface area contributed by atoms with E-state index in [0.717, 1.165) is 33.9 Å². The summed E-state index contributed by atoms with van der Waals surface area (Å²) in [4.78, 5) is 8.64. The van der Waals surface area contributed by atoms with Gasteiger partial charge in [0.1, 0.15) is 11.4 Å². The highest BCUT2D eigenvalue weighted by molar-refractivity contribution is 5.52. The Morgan fingerprint density at radius 1 is 0.567 bits per heavy atom. The van der Waals surface area contributed by atoms with Crippen LogP contribution in [0.4, 0.5) is 0 Å². The number of rotatable bonds is 6. The highest BCUT2D eigenvalue weighted by atomic mass is 15.4. The second kappa shape index (κ2) is 8.04. The Balaban J connectivity index is 1.29. The molecule has 0 aliphatic rings. The van der Waals surface area contributed by atoms with Gasteiger partial charge in [-0.1, -0.05) is 46.8 Å². The molecule has 0 aliphatic carbocycles. The van der Waals surface area contributed by atoms with Crippen LogP contribution in [0.3, 0.4) is 0 Å². The van der Waals surface area contributed by atoms with E-state index in [1.54, 1.807) is 12.4 Å². The van der Waals surface area contributed by atoms with E-state index in [1.807, 2.05) is 64.2 Å². The molecule has 0 saturated heterocycles.